The fraction of sp³-hybridized carbons (Fsp3) is 0.480. The van der Waals surface area contributed by atoms with Gasteiger partial charge < -0.3 is 15.2 Å². The van der Waals surface area contributed by atoms with Crippen LogP contribution in [0.2, 0.25) is 5.02 Å². The molecule has 1 amide bonds. The summed E-state index contributed by atoms with van der Waals surface area (Å²) in [7, 11) is 0. The van der Waals surface area contributed by atoms with Gasteiger partial charge in [-0.05, 0) is 69.8 Å². The van der Waals surface area contributed by atoms with Crippen molar-refractivity contribution in [2.45, 2.75) is 51.2 Å². The maximum Gasteiger partial charge on any atom is 0.234 e. The predicted molar refractivity (Wildman–Crippen MR) is 125 cm³/mol. The zero-order valence-corrected chi connectivity index (χ0v) is 19.4. The topological polar surface area (TPSA) is 61.8 Å². The fourth-order valence-electron chi connectivity index (χ4n) is 4.16. The highest BCUT2D eigenvalue weighted by molar-refractivity contribution is 6.32. The van der Waals surface area contributed by atoms with E-state index in [2.05, 4.69) is 17.4 Å². The minimum Gasteiger partial charge on any atom is -0.489 e. The Morgan fingerprint density at radius 1 is 1.26 bits per heavy atom. The summed E-state index contributed by atoms with van der Waals surface area (Å²) in [5.41, 5.74) is 0.874. The molecule has 0 bridgehead atoms. The van der Waals surface area contributed by atoms with Crippen molar-refractivity contribution in [3.05, 3.63) is 64.7 Å². The summed E-state index contributed by atoms with van der Waals surface area (Å²) in [5, 5.41) is 14.7. The van der Waals surface area contributed by atoms with E-state index in [9.17, 15) is 9.90 Å². The number of carbonyl (C=O) groups excluding carboxylic acids is 1. The number of carbonyl (C=O) groups is 1. The van der Waals surface area contributed by atoms with Crippen molar-refractivity contribution in [2.24, 2.45) is 0 Å². The summed E-state index contributed by atoms with van der Waals surface area (Å²) in [4.78, 5) is 14.7. The van der Waals surface area contributed by atoms with E-state index in [1.54, 1.807) is 6.07 Å². The molecule has 0 spiro atoms. The molecule has 0 aromatic heterocycles. The van der Waals surface area contributed by atoms with E-state index in [4.69, 9.17) is 16.3 Å². The zero-order chi connectivity index (χ0) is 22.5. The van der Waals surface area contributed by atoms with E-state index in [0.717, 1.165) is 24.9 Å². The van der Waals surface area contributed by atoms with Gasteiger partial charge in [0.05, 0.1) is 11.6 Å². The number of rotatable bonds is 8. The smallest absolute Gasteiger partial charge is 0.234 e. The van der Waals surface area contributed by atoms with Crippen molar-refractivity contribution in [1.82, 2.24) is 10.2 Å². The first-order valence-corrected chi connectivity index (χ1v) is 11.2. The Kier molecular flexibility index (Phi) is 7.63. The molecule has 6 heteroatoms. The molecule has 2 aromatic rings. The molecule has 2 aromatic carbocycles. The minimum atomic E-state index is -1.01. The van der Waals surface area contributed by atoms with E-state index in [-0.39, 0.29) is 24.6 Å². The number of piperidine rings is 1. The highest BCUT2D eigenvalue weighted by Gasteiger charge is 2.35. The highest BCUT2D eigenvalue weighted by atomic mass is 35.5. The van der Waals surface area contributed by atoms with Gasteiger partial charge in [0.25, 0.3) is 0 Å². The van der Waals surface area contributed by atoms with Crippen molar-refractivity contribution in [3.63, 3.8) is 0 Å². The van der Waals surface area contributed by atoms with Crippen molar-refractivity contribution < 1.29 is 14.6 Å². The lowest BCUT2D eigenvalue weighted by atomic mass is 9.93. The summed E-state index contributed by atoms with van der Waals surface area (Å²) >= 11 is 6.21. The third-order valence-electron chi connectivity index (χ3n) is 5.55. The number of halogens is 1. The lowest BCUT2D eigenvalue weighted by Gasteiger charge is -2.39. The molecule has 1 aliphatic rings. The first-order chi connectivity index (χ1) is 14.6. The quantitative estimate of drug-likeness (QED) is 0.646. The van der Waals surface area contributed by atoms with Gasteiger partial charge in [-0.1, -0.05) is 48.0 Å². The number of ether oxygens (including phenoxy) is 1. The first kappa shape index (κ1) is 23.6. The van der Waals surface area contributed by atoms with Gasteiger partial charge in [-0.25, -0.2) is 0 Å². The summed E-state index contributed by atoms with van der Waals surface area (Å²) in [5.74, 6) is 0.542. The summed E-state index contributed by atoms with van der Waals surface area (Å²) in [6.07, 6.45) is 2.20. The lowest BCUT2D eigenvalue weighted by molar-refractivity contribution is -0.126. The number of aryl methyl sites for hydroxylation is 1. The van der Waals surface area contributed by atoms with Crippen LogP contribution in [0.1, 0.15) is 37.8 Å². The molecular weight excluding hydrogens is 412 g/mol. The number of benzene rings is 2. The maximum atomic E-state index is 12.7. The molecule has 0 unspecified atom stereocenters. The molecule has 0 saturated carbocycles. The Bertz CT molecular complexity index is 888. The van der Waals surface area contributed by atoms with Crippen LogP contribution in [-0.4, -0.2) is 53.3 Å². The first-order valence-electron chi connectivity index (χ1n) is 10.8. The maximum absolute atomic E-state index is 12.7. The Morgan fingerprint density at radius 2 is 2.00 bits per heavy atom. The molecule has 1 heterocycles. The number of aliphatic hydroxyl groups is 1. The van der Waals surface area contributed by atoms with Crippen LogP contribution >= 0.6 is 11.6 Å². The van der Waals surface area contributed by atoms with Gasteiger partial charge in [0, 0.05) is 12.1 Å². The van der Waals surface area contributed by atoms with E-state index < -0.39 is 5.60 Å². The second kappa shape index (κ2) is 10.0. The van der Waals surface area contributed by atoms with Crippen molar-refractivity contribution in [2.75, 3.05) is 26.2 Å². The average Bonchev–Trinajstić information content (AvgIpc) is 2.68. The van der Waals surface area contributed by atoms with Crippen molar-refractivity contribution in [1.29, 1.82) is 0 Å². The Hall–Kier alpha value is -2.08. The van der Waals surface area contributed by atoms with Crippen molar-refractivity contribution in [3.8, 4) is 5.75 Å². The number of amides is 1. The second-order valence-corrected chi connectivity index (χ2v) is 9.76. The zero-order valence-electron chi connectivity index (χ0n) is 18.7. The number of nitrogens with zero attached hydrogens (tertiary/aromatic N) is 1. The van der Waals surface area contributed by atoms with Gasteiger partial charge in [-0.3, -0.25) is 9.69 Å². The van der Waals surface area contributed by atoms with Gasteiger partial charge in [0.1, 0.15) is 18.0 Å². The number of nitrogens with one attached hydrogen (secondary N) is 1. The van der Waals surface area contributed by atoms with Gasteiger partial charge in [0.15, 0.2) is 0 Å². The molecule has 3 rings (SSSR count). The number of likely N-dealkylation sites (tertiary alicyclic amines) is 1. The van der Waals surface area contributed by atoms with Crippen LogP contribution in [-0.2, 0) is 11.2 Å². The van der Waals surface area contributed by atoms with Gasteiger partial charge in [-0.2, -0.15) is 0 Å². The summed E-state index contributed by atoms with van der Waals surface area (Å²) < 4.78 is 5.85. The molecule has 1 saturated heterocycles. The van der Waals surface area contributed by atoms with Crippen LogP contribution in [0.3, 0.4) is 0 Å². The van der Waals surface area contributed by atoms with Crippen LogP contribution in [0.4, 0.5) is 0 Å². The molecule has 2 N–H and O–H groups in total. The van der Waals surface area contributed by atoms with E-state index in [1.165, 1.54) is 5.56 Å². The average molecular weight is 445 g/mol. The van der Waals surface area contributed by atoms with Gasteiger partial charge >= 0.3 is 0 Å². The monoisotopic (exact) mass is 444 g/mol. The third kappa shape index (κ3) is 7.23. The minimum absolute atomic E-state index is 0.0344. The Morgan fingerprint density at radius 3 is 2.74 bits per heavy atom. The SMILES string of the molecule is Cc1ccc(Cl)c(OC[C@@]2(O)CCCN(CC(=O)NC(C)(C)Cc3ccccc3)C2)c1. The molecule has 1 atom stereocenters. The molecule has 0 aliphatic carbocycles. The van der Waals surface area contributed by atoms with E-state index >= 15 is 0 Å². The van der Waals surface area contributed by atoms with Gasteiger partial charge in [-0.15, -0.1) is 0 Å². The normalized spacial score (nSPS) is 19.8. The van der Waals surface area contributed by atoms with E-state index in [0.29, 0.717) is 23.7 Å². The predicted octanol–water partition coefficient (Wildman–Crippen LogP) is 3.99. The number of hydrogen-bond donors (Lipinski definition) is 2. The molecular formula is C25H33ClN2O3. The molecule has 168 valence electrons. The highest BCUT2D eigenvalue weighted by Crippen LogP contribution is 2.28. The second-order valence-electron chi connectivity index (χ2n) is 9.36. The largest absolute Gasteiger partial charge is 0.489 e. The van der Waals surface area contributed by atoms with Crippen LogP contribution < -0.4 is 10.1 Å². The Labute approximate surface area is 190 Å². The summed E-state index contributed by atoms with van der Waals surface area (Å²) in [6.45, 7) is 7.61. The molecule has 5 nitrogen and oxygen atoms in total. The number of β-amino-alcohol motifs (C(OH)–C–C–N with tert-alkyl or cyclic N) is 1. The Balaban J connectivity index is 1.52. The fourth-order valence-corrected chi connectivity index (χ4v) is 4.33. The van der Waals surface area contributed by atoms with Crippen LogP contribution in [0, 0.1) is 6.92 Å². The third-order valence-corrected chi connectivity index (χ3v) is 5.86. The van der Waals surface area contributed by atoms with Crippen LogP contribution in [0.15, 0.2) is 48.5 Å². The van der Waals surface area contributed by atoms with Crippen LogP contribution in [0.5, 0.6) is 5.75 Å². The molecule has 31 heavy (non-hydrogen) atoms. The summed E-state index contributed by atoms with van der Waals surface area (Å²) in [6, 6.07) is 15.7. The van der Waals surface area contributed by atoms with E-state index in [1.807, 2.05) is 56.0 Å². The lowest BCUT2D eigenvalue weighted by Crippen LogP contribution is -2.55. The van der Waals surface area contributed by atoms with Crippen molar-refractivity contribution >= 4 is 17.5 Å². The van der Waals surface area contributed by atoms with Crippen LogP contribution in [0.25, 0.3) is 0 Å². The molecule has 0 radical (unpaired) electrons. The number of hydrogen-bond acceptors (Lipinski definition) is 4. The van der Waals surface area contributed by atoms with Gasteiger partial charge in [0.2, 0.25) is 5.91 Å². The molecule has 1 aliphatic heterocycles. The molecule has 1 fully saturated rings. The standard InChI is InChI=1S/C25H33ClN2O3/c1-19-10-11-21(26)22(14-19)31-18-25(30)12-7-13-28(17-25)16-23(29)27-24(2,3)15-20-8-5-4-6-9-20/h4-6,8-11,14,30H,7,12-13,15-18H2,1-3H3,(H,27,29)/t25-/m1/s1.